The van der Waals surface area contributed by atoms with Crippen molar-refractivity contribution in [2.45, 2.75) is 18.1 Å². The minimum atomic E-state index is -0.175. The Hall–Kier alpha value is -1.66. The predicted molar refractivity (Wildman–Crippen MR) is 71.7 cm³/mol. The first-order valence-electron chi connectivity index (χ1n) is 5.72. The van der Waals surface area contributed by atoms with E-state index in [2.05, 4.69) is 27.4 Å². The number of thioether (sulfide) groups is 1. The molecule has 1 atom stereocenters. The summed E-state index contributed by atoms with van der Waals surface area (Å²) < 4.78 is 1.75. The van der Waals surface area contributed by atoms with Crippen LogP contribution < -0.4 is 5.73 Å². The molecule has 0 amide bonds. The fourth-order valence-electron chi connectivity index (χ4n) is 1.80. The molecule has 1 aliphatic heterocycles. The molecule has 2 heterocycles. The normalized spacial score (nSPS) is 16.0. The number of hydrogen-bond donors (Lipinski definition) is 1. The molecule has 1 aromatic carbocycles. The largest absolute Gasteiger partial charge is 0.321 e. The van der Waals surface area contributed by atoms with Gasteiger partial charge in [-0.3, -0.25) is 0 Å². The topological polar surface area (TPSA) is 69.1 Å². The SMILES string of the molecule is CC(N)c1nnc2n1N=C(c1ccccc1)CS2. The van der Waals surface area contributed by atoms with Crippen molar-refractivity contribution in [1.82, 2.24) is 14.9 Å². The highest BCUT2D eigenvalue weighted by molar-refractivity contribution is 7.99. The summed E-state index contributed by atoms with van der Waals surface area (Å²) in [6, 6.07) is 9.96. The molecule has 2 aromatic rings. The summed E-state index contributed by atoms with van der Waals surface area (Å²) in [5.74, 6) is 1.51. The van der Waals surface area contributed by atoms with Crippen LogP contribution in [0, 0.1) is 0 Å². The van der Waals surface area contributed by atoms with E-state index in [1.165, 1.54) is 0 Å². The van der Waals surface area contributed by atoms with Crippen LogP contribution in [0.25, 0.3) is 0 Å². The summed E-state index contributed by atoms with van der Waals surface area (Å²) in [6.07, 6.45) is 0. The molecule has 0 bridgehead atoms. The highest BCUT2D eigenvalue weighted by Gasteiger charge is 2.21. The standard InChI is InChI=1S/C12H13N5S/c1-8(13)11-14-15-12-17(11)16-10(7-18-12)9-5-3-2-4-6-9/h2-6,8H,7,13H2,1H3. The Labute approximate surface area is 109 Å². The van der Waals surface area contributed by atoms with Crippen molar-refractivity contribution >= 4 is 17.5 Å². The minimum Gasteiger partial charge on any atom is -0.321 e. The van der Waals surface area contributed by atoms with E-state index in [0.717, 1.165) is 22.2 Å². The fourth-order valence-corrected chi connectivity index (χ4v) is 2.64. The van der Waals surface area contributed by atoms with Gasteiger partial charge in [0, 0.05) is 5.75 Å². The molecule has 1 aromatic heterocycles. The summed E-state index contributed by atoms with van der Waals surface area (Å²) in [5.41, 5.74) is 8.01. The van der Waals surface area contributed by atoms with Crippen LogP contribution in [0.3, 0.4) is 0 Å². The van der Waals surface area contributed by atoms with E-state index < -0.39 is 0 Å². The van der Waals surface area contributed by atoms with Crippen molar-refractivity contribution in [1.29, 1.82) is 0 Å². The second kappa shape index (κ2) is 4.55. The van der Waals surface area contributed by atoms with Crippen LogP contribution in [0.4, 0.5) is 0 Å². The number of fused-ring (bicyclic) bond motifs is 1. The lowest BCUT2D eigenvalue weighted by Gasteiger charge is -2.14. The van der Waals surface area contributed by atoms with Crippen LogP contribution in [-0.2, 0) is 0 Å². The van der Waals surface area contributed by atoms with Gasteiger partial charge in [0.1, 0.15) is 0 Å². The Kier molecular flexibility index (Phi) is 2.89. The van der Waals surface area contributed by atoms with Gasteiger partial charge in [0.15, 0.2) is 5.82 Å². The molecule has 0 radical (unpaired) electrons. The summed E-state index contributed by atoms with van der Waals surface area (Å²) in [4.78, 5) is 0. The second-order valence-electron chi connectivity index (χ2n) is 4.14. The molecule has 1 aliphatic rings. The monoisotopic (exact) mass is 259 g/mol. The molecule has 0 saturated carbocycles. The van der Waals surface area contributed by atoms with Crippen molar-refractivity contribution < 1.29 is 0 Å². The minimum absolute atomic E-state index is 0.175. The van der Waals surface area contributed by atoms with Crippen molar-refractivity contribution in [3.8, 4) is 0 Å². The molecule has 0 aliphatic carbocycles. The number of aromatic nitrogens is 3. The molecule has 0 spiro atoms. The van der Waals surface area contributed by atoms with Gasteiger partial charge in [0.05, 0.1) is 11.8 Å². The maximum Gasteiger partial charge on any atom is 0.212 e. The Balaban J connectivity index is 2.05. The molecule has 2 N–H and O–H groups in total. The third kappa shape index (κ3) is 1.93. The lowest BCUT2D eigenvalue weighted by Crippen LogP contribution is -2.17. The fraction of sp³-hybridized carbons (Fsp3) is 0.250. The second-order valence-corrected chi connectivity index (χ2v) is 5.09. The van der Waals surface area contributed by atoms with Gasteiger partial charge in [-0.05, 0) is 12.5 Å². The van der Waals surface area contributed by atoms with Gasteiger partial charge in [-0.15, -0.1) is 10.2 Å². The zero-order chi connectivity index (χ0) is 12.5. The van der Waals surface area contributed by atoms with Crippen LogP contribution in [0.2, 0.25) is 0 Å². The molecule has 6 heteroatoms. The van der Waals surface area contributed by atoms with E-state index in [-0.39, 0.29) is 6.04 Å². The maximum absolute atomic E-state index is 5.86. The molecule has 0 saturated heterocycles. The Morgan fingerprint density at radius 2 is 2.06 bits per heavy atom. The molecule has 3 rings (SSSR count). The first-order chi connectivity index (χ1) is 8.75. The molecule has 18 heavy (non-hydrogen) atoms. The van der Waals surface area contributed by atoms with E-state index in [1.807, 2.05) is 25.1 Å². The van der Waals surface area contributed by atoms with Gasteiger partial charge in [-0.1, -0.05) is 42.1 Å². The number of hydrogen-bond acceptors (Lipinski definition) is 5. The van der Waals surface area contributed by atoms with Crippen LogP contribution >= 0.6 is 11.8 Å². The van der Waals surface area contributed by atoms with Crippen molar-refractivity contribution in [3.05, 3.63) is 41.7 Å². The number of nitrogens with two attached hydrogens (primary N) is 1. The summed E-state index contributed by atoms with van der Waals surface area (Å²) in [5, 5.41) is 13.6. The van der Waals surface area contributed by atoms with E-state index in [4.69, 9.17) is 5.73 Å². The Morgan fingerprint density at radius 1 is 1.28 bits per heavy atom. The van der Waals surface area contributed by atoms with E-state index in [1.54, 1.807) is 16.4 Å². The first kappa shape index (κ1) is 11.4. The van der Waals surface area contributed by atoms with E-state index in [0.29, 0.717) is 5.82 Å². The van der Waals surface area contributed by atoms with E-state index >= 15 is 0 Å². The van der Waals surface area contributed by atoms with Crippen LogP contribution in [0.1, 0.15) is 24.4 Å². The number of benzene rings is 1. The average molecular weight is 259 g/mol. The summed E-state index contributed by atoms with van der Waals surface area (Å²) in [6.45, 7) is 1.88. The van der Waals surface area contributed by atoms with Crippen molar-refractivity contribution in [3.63, 3.8) is 0 Å². The third-order valence-electron chi connectivity index (χ3n) is 2.71. The van der Waals surface area contributed by atoms with Gasteiger partial charge in [-0.2, -0.15) is 9.78 Å². The lowest BCUT2D eigenvalue weighted by atomic mass is 10.1. The zero-order valence-electron chi connectivity index (χ0n) is 9.95. The molecule has 1 unspecified atom stereocenters. The third-order valence-corrected chi connectivity index (χ3v) is 3.64. The summed E-state index contributed by atoms with van der Waals surface area (Å²) in [7, 11) is 0. The van der Waals surface area contributed by atoms with Crippen LogP contribution in [-0.4, -0.2) is 26.3 Å². The molecule has 0 fully saturated rings. The number of rotatable bonds is 2. The zero-order valence-corrected chi connectivity index (χ0v) is 10.8. The molecule has 92 valence electrons. The van der Waals surface area contributed by atoms with Crippen LogP contribution in [0.15, 0.2) is 40.6 Å². The highest BCUT2D eigenvalue weighted by Crippen LogP contribution is 2.25. The highest BCUT2D eigenvalue weighted by atomic mass is 32.2. The van der Waals surface area contributed by atoms with Gasteiger partial charge < -0.3 is 5.73 Å². The lowest BCUT2D eigenvalue weighted by molar-refractivity contribution is 0.646. The van der Waals surface area contributed by atoms with Gasteiger partial charge in [-0.25, -0.2) is 0 Å². The smallest absolute Gasteiger partial charge is 0.212 e. The number of nitrogens with zero attached hydrogens (tertiary/aromatic N) is 4. The average Bonchev–Trinajstić information content (AvgIpc) is 2.82. The van der Waals surface area contributed by atoms with Crippen molar-refractivity contribution in [2.75, 3.05) is 5.75 Å². The molecule has 5 nitrogen and oxygen atoms in total. The van der Waals surface area contributed by atoms with Gasteiger partial charge >= 0.3 is 0 Å². The van der Waals surface area contributed by atoms with E-state index in [9.17, 15) is 0 Å². The Bertz CT molecular complexity index is 588. The first-order valence-corrected chi connectivity index (χ1v) is 6.71. The quantitative estimate of drug-likeness (QED) is 0.890. The van der Waals surface area contributed by atoms with Gasteiger partial charge in [0.2, 0.25) is 5.16 Å². The van der Waals surface area contributed by atoms with Crippen molar-refractivity contribution in [2.24, 2.45) is 10.8 Å². The van der Waals surface area contributed by atoms with Gasteiger partial charge in [0.25, 0.3) is 0 Å². The maximum atomic E-state index is 5.86. The Morgan fingerprint density at radius 3 is 2.78 bits per heavy atom. The molecular formula is C12H13N5S. The molecular weight excluding hydrogens is 246 g/mol. The predicted octanol–water partition coefficient (Wildman–Crippen LogP) is 1.66. The summed E-state index contributed by atoms with van der Waals surface area (Å²) >= 11 is 1.63. The van der Waals surface area contributed by atoms with Crippen LogP contribution in [0.5, 0.6) is 0 Å².